The number of hydrogen-bond acceptors (Lipinski definition) is 2. The zero-order valence-corrected chi connectivity index (χ0v) is 8.53. The number of H-pyrrole nitrogens is 1. The third-order valence-corrected chi connectivity index (χ3v) is 1.86. The van der Waals surface area contributed by atoms with Crippen LogP contribution in [-0.4, -0.2) is 29.4 Å². The van der Waals surface area contributed by atoms with Crippen molar-refractivity contribution >= 4 is 11.6 Å². The van der Waals surface area contributed by atoms with Gasteiger partial charge in [-0.1, -0.05) is 0 Å². The molecular formula is C8H10ClF3N2O. The molecule has 1 aromatic heterocycles. The summed E-state index contributed by atoms with van der Waals surface area (Å²) in [4.78, 5) is 6.78. The summed E-state index contributed by atoms with van der Waals surface area (Å²) >= 11 is 5.51. The highest BCUT2D eigenvalue weighted by molar-refractivity contribution is 6.16. The largest absolute Gasteiger partial charge is 0.411 e. The van der Waals surface area contributed by atoms with Gasteiger partial charge < -0.3 is 9.72 Å². The maximum absolute atomic E-state index is 11.7. The zero-order valence-electron chi connectivity index (χ0n) is 7.77. The fourth-order valence-corrected chi connectivity index (χ4v) is 1.09. The van der Waals surface area contributed by atoms with Crippen molar-refractivity contribution in [3.63, 3.8) is 0 Å². The monoisotopic (exact) mass is 242 g/mol. The van der Waals surface area contributed by atoms with E-state index in [0.29, 0.717) is 18.1 Å². The van der Waals surface area contributed by atoms with Crippen LogP contribution in [0, 0.1) is 0 Å². The number of alkyl halides is 4. The molecule has 15 heavy (non-hydrogen) atoms. The molecule has 0 aromatic carbocycles. The quantitative estimate of drug-likeness (QED) is 0.635. The summed E-state index contributed by atoms with van der Waals surface area (Å²) in [5, 5.41) is 0. The van der Waals surface area contributed by atoms with Gasteiger partial charge in [0.05, 0.1) is 12.5 Å². The molecule has 0 fully saturated rings. The summed E-state index contributed by atoms with van der Waals surface area (Å²) in [6.45, 7) is -1.25. The summed E-state index contributed by atoms with van der Waals surface area (Å²) in [7, 11) is 0. The molecule has 1 rings (SSSR count). The molecule has 0 saturated heterocycles. The standard InChI is InChI=1S/C8H10ClF3N2O/c9-3-6-4-13-7(14-6)1-2-15-5-8(10,11)12/h4H,1-3,5H2,(H,13,14). The van der Waals surface area contributed by atoms with E-state index in [0.717, 1.165) is 5.69 Å². The maximum atomic E-state index is 11.7. The van der Waals surface area contributed by atoms with E-state index < -0.39 is 12.8 Å². The second-order valence-corrected chi connectivity index (χ2v) is 3.17. The van der Waals surface area contributed by atoms with Crippen LogP contribution in [0.15, 0.2) is 6.20 Å². The fraction of sp³-hybridized carbons (Fsp3) is 0.625. The second kappa shape index (κ2) is 5.37. The van der Waals surface area contributed by atoms with Gasteiger partial charge in [0.25, 0.3) is 0 Å². The van der Waals surface area contributed by atoms with Crippen molar-refractivity contribution in [2.75, 3.05) is 13.2 Å². The van der Waals surface area contributed by atoms with E-state index in [1.54, 1.807) is 6.20 Å². The number of ether oxygens (including phenoxy) is 1. The lowest BCUT2D eigenvalue weighted by atomic mass is 10.4. The highest BCUT2D eigenvalue weighted by Crippen LogP contribution is 2.14. The lowest BCUT2D eigenvalue weighted by Crippen LogP contribution is -2.18. The van der Waals surface area contributed by atoms with Gasteiger partial charge in [0, 0.05) is 18.3 Å². The van der Waals surface area contributed by atoms with E-state index in [4.69, 9.17) is 11.6 Å². The Hall–Kier alpha value is -0.750. The molecule has 1 N–H and O–H groups in total. The summed E-state index contributed by atoms with van der Waals surface area (Å²) in [6, 6.07) is 0. The van der Waals surface area contributed by atoms with E-state index in [2.05, 4.69) is 14.7 Å². The van der Waals surface area contributed by atoms with Crippen LogP contribution < -0.4 is 0 Å². The van der Waals surface area contributed by atoms with Crippen LogP contribution in [0.3, 0.4) is 0 Å². The van der Waals surface area contributed by atoms with Gasteiger partial charge in [0.1, 0.15) is 12.4 Å². The Morgan fingerprint density at radius 1 is 1.47 bits per heavy atom. The van der Waals surface area contributed by atoms with Crippen molar-refractivity contribution in [3.8, 4) is 0 Å². The SMILES string of the molecule is FC(F)(F)COCCc1ncc(CCl)[nH]1. The minimum Gasteiger partial charge on any atom is -0.372 e. The zero-order chi connectivity index (χ0) is 11.3. The topological polar surface area (TPSA) is 37.9 Å². The number of hydrogen-bond donors (Lipinski definition) is 1. The summed E-state index contributed by atoms with van der Waals surface area (Å²) in [5.74, 6) is 0.879. The van der Waals surface area contributed by atoms with Crippen LogP contribution in [-0.2, 0) is 17.0 Å². The third-order valence-electron chi connectivity index (χ3n) is 1.57. The van der Waals surface area contributed by atoms with Crippen LogP contribution >= 0.6 is 11.6 Å². The number of nitrogens with one attached hydrogen (secondary N) is 1. The van der Waals surface area contributed by atoms with Crippen molar-refractivity contribution in [1.82, 2.24) is 9.97 Å². The molecule has 1 aromatic rings. The molecular weight excluding hydrogens is 233 g/mol. The molecule has 0 amide bonds. The first-order chi connectivity index (χ1) is 7.01. The van der Waals surface area contributed by atoms with Crippen LogP contribution in [0.2, 0.25) is 0 Å². The maximum Gasteiger partial charge on any atom is 0.411 e. The molecule has 0 atom stereocenters. The third kappa shape index (κ3) is 5.03. The minimum atomic E-state index is -4.27. The molecule has 0 aliphatic carbocycles. The highest BCUT2D eigenvalue weighted by atomic mass is 35.5. The van der Waals surface area contributed by atoms with E-state index in [1.807, 2.05) is 0 Å². The van der Waals surface area contributed by atoms with Crippen molar-refractivity contribution in [2.24, 2.45) is 0 Å². The smallest absolute Gasteiger partial charge is 0.372 e. The normalized spacial score (nSPS) is 12.0. The molecule has 0 saturated carbocycles. The van der Waals surface area contributed by atoms with E-state index >= 15 is 0 Å². The lowest BCUT2D eigenvalue weighted by molar-refractivity contribution is -0.173. The number of imidazole rings is 1. The Morgan fingerprint density at radius 3 is 2.73 bits per heavy atom. The van der Waals surface area contributed by atoms with Gasteiger partial charge >= 0.3 is 6.18 Å². The average molecular weight is 243 g/mol. The molecule has 0 aliphatic rings. The Kier molecular flexibility index (Phi) is 4.41. The molecule has 0 bridgehead atoms. The van der Waals surface area contributed by atoms with Crippen LogP contribution in [0.25, 0.3) is 0 Å². The molecule has 0 unspecified atom stereocenters. The Balaban J connectivity index is 2.20. The first-order valence-corrected chi connectivity index (χ1v) is 4.78. The number of aromatic amines is 1. The number of halogens is 4. The van der Waals surface area contributed by atoms with Crippen LogP contribution in [0.1, 0.15) is 11.5 Å². The Morgan fingerprint density at radius 2 is 2.20 bits per heavy atom. The number of nitrogens with zero attached hydrogens (tertiary/aromatic N) is 1. The summed E-state index contributed by atoms with van der Waals surface area (Å²) in [6.07, 6.45) is -2.41. The molecule has 0 aliphatic heterocycles. The first kappa shape index (κ1) is 12.3. The van der Waals surface area contributed by atoms with Gasteiger partial charge in [-0.15, -0.1) is 11.6 Å². The van der Waals surface area contributed by atoms with Gasteiger partial charge in [-0.2, -0.15) is 13.2 Å². The minimum absolute atomic E-state index is 0.0191. The van der Waals surface area contributed by atoms with Crippen molar-refractivity contribution in [2.45, 2.75) is 18.5 Å². The second-order valence-electron chi connectivity index (χ2n) is 2.91. The van der Waals surface area contributed by atoms with Gasteiger partial charge in [-0.25, -0.2) is 4.98 Å². The summed E-state index contributed by atoms with van der Waals surface area (Å²) in [5.41, 5.74) is 0.738. The van der Waals surface area contributed by atoms with Crippen LogP contribution in [0.5, 0.6) is 0 Å². The van der Waals surface area contributed by atoms with E-state index in [-0.39, 0.29) is 6.61 Å². The van der Waals surface area contributed by atoms with E-state index in [9.17, 15) is 13.2 Å². The number of aromatic nitrogens is 2. The van der Waals surface area contributed by atoms with Gasteiger partial charge in [-0.3, -0.25) is 0 Å². The van der Waals surface area contributed by atoms with Crippen molar-refractivity contribution < 1.29 is 17.9 Å². The Labute approximate surface area is 89.6 Å². The molecule has 0 radical (unpaired) electrons. The lowest BCUT2D eigenvalue weighted by Gasteiger charge is -2.06. The van der Waals surface area contributed by atoms with Gasteiger partial charge in [-0.05, 0) is 0 Å². The van der Waals surface area contributed by atoms with E-state index in [1.165, 1.54) is 0 Å². The molecule has 86 valence electrons. The first-order valence-electron chi connectivity index (χ1n) is 4.24. The highest BCUT2D eigenvalue weighted by Gasteiger charge is 2.27. The molecule has 3 nitrogen and oxygen atoms in total. The van der Waals surface area contributed by atoms with Crippen molar-refractivity contribution in [1.29, 1.82) is 0 Å². The summed E-state index contributed by atoms with van der Waals surface area (Å²) < 4.78 is 39.4. The molecule has 1 heterocycles. The Bertz CT molecular complexity index is 300. The fourth-order valence-electron chi connectivity index (χ4n) is 0.957. The van der Waals surface area contributed by atoms with Crippen LogP contribution in [0.4, 0.5) is 13.2 Å². The average Bonchev–Trinajstić information content (AvgIpc) is 2.59. The predicted octanol–water partition coefficient (Wildman–Crippen LogP) is 2.27. The van der Waals surface area contributed by atoms with Gasteiger partial charge in [0.15, 0.2) is 0 Å². The molecule has 0 spiro atoms. The van der Waals surface area contributed by atoms with Crippen molar-refractivity contribution in [3.05, 3.63) is 17.7 Å². The number of rotatable bonds is 5. The molecule has 7 heteroatoms. The van der Waals surface area contributed by atoms with Gasteiger partial charge in [0.2, 0.25) is 0 Å². The predicted molar refractivity (Wildman–Crippen MR) is 48.7 cm³/mol.